The highest BCUT2D eigenvalue weighted by Crippen LogP contribution is 2.22. The van der Waals surface area contributed by atoms with Crippen molar-refractivity contribution in [2.45, 2.75) is 13.0 Å². The summed E-state index contributed by atoms with van der Waals surface area (Å²) in [6.45, 7) is 1.93. The van der Waals surface area contributed by atoms with Crippen LogP contribution in [0.3, 0.4) is 0 Å². The van der Waals surface area contributed by atoms with Crippen LogP contribution in [0.15, 0.2) is 48.5 Å². The lowest BCUT2D eigenvalue weighted by Crippen LogP contribution is -2.03. The van der Waals surface area contributed by atoms with Gasteiger partial charge < -0.3 is 4.74 Å². The smallest absolute Gasteiger partial charge is 0.121 e. The number of nitrogens with zero attached hydrogens (tertiary/aromatic N) is 2. The van der Waals surface area contributed by atoms with Crippen LogP contribution in [0.1, 0.15) is 29.7 Å². The summed E-state index contributed by atoms with van der Waals surface area (Å²) in [7, 11) is 0. The minimum Gasteiger partial charge on any atom is -0.486 e. The SMILES string of the molecule is CC(Oc1cccc(C#N)c1)c1ccc(C#N)cc1. The maximum absolute atomic E-state index is 8.83. The molecule has 3 heteroatoms. The summed E-state index contributed by atoms with van der Waals surface area (Å²) in [4.78, 5) is 0. The summed E-state index contributed by atoms with van der Waals surface area (Å²) < 4.78 is 5.78. The zero-order valence-electron chi connectivity index (χ0n) is 10.5. The van der Waals surface area contributed by atoms with Gasteiger partial charge >= 0.3 is 0 Å². The van der Waals surface area contributed by atoms with Crippen molar-refractivity contribution < 1.29 is 4.74 Å². The fourth-order valence-electron chi connectivity index (χ4n) is 1.74. The van der Waals surface area contributed by atoms with Crippen molar-refractivity contribution >= 4 is 0 Å². The van der Waals surface area contributed by atoms with Crippen LogP contribution < -0.4 is 4.74 Å². The molecule has 2 rings (SSSR count). The fourth-order valence-corrected chi connectivity index (χ4v) is 1.74. The Morgan fingerprint density at radius 3 is 2.26 bits per heavy atom. The fraction of sp³-hybridized carbons (Fsp3) is 0.125. The van der Waals surface area contributed by atoms with E-state index in [2.05, 4.69) is 12.1 Å². The molecular formula is C16H12N2O. The molecule has 0 saturated heterocycles. The van der Waals surface area contributed by atoms with Crippen molar-refractivity contribution in [2.75, 3.05) is 0 Å². The van der Waals surface area contributed by atoms with E-state index in [1.807, 2.05) is 25.1 Å². The summed E-state index contributed by atoms with van der Waals surface area (Å²) >= 11 is 0. The highest BCUT2D eigenvalue weighted by Gasteiger charge is 2.07. The number of hydrogen-bond donors (Lipinski definition) is 0. The minimum absolute atomic E-state index is 0.137. The summed E-state index contributed by atoms with van der Waals surface area (Å²) in [6.07, 6.45) is -0.137. The molecule has 0 amide bonds. The first-order valence-electron chi connectivity index (χ1n) is 5.90. The normalized spacial score (nSPS) is 11.1. The van der Waals surface area contributed by atoms with Gasteiger partial charge in [-0.3, -0.25) is 0 Å². The number of ether oxygens (including phenoxy) is 1. The topological polar surface area (TPSA) is 56.8 Å². The van der Waals surface area contributed by atoms with Crippen LogP contribution in [0.5, 0.6) is 5.75 Å². The lowest BCUT2D eigenvalue weighted by Gasteiger charge is -2.15. The van der Waals surface area contributed by atoms with Gasteiger partial charge in [0, 0.05) is 0 Å². The van der Waals surface area contributed by atoms with Crippen molar-refractivity contribution in [3.63, 3.8) is 0 Å². The van der Waals surface area contributed by atoms with Gasteiger partial charge in [0.2, 0.25) is 0 Å². The van der Waals surface area contributed by atoms with E-state index in [4.69, 9.17) is 15.3 Å². The largest absolute Gasteiger partial charge is 0.486 e. The Labute approximate surface area is 112 Å². The molecule has 0 saturated carbocycles. The molecule has 19 heavy (non-hydrogen) atoms. The molecule has 0 spiro atoms. The maximum Gasteiger partial charge on any atom is 0.121 e. The van der Waals surface area contributed by atoms with E-state index in [1.165, 1.54) is 0 Å². The molecule has 1 unspecified atom stereocenters. The predicted molar refractivity (Wildman–Crippen MR) is 71.4 cm³/mol. The maximum atomic E-state index is 8.83. The first-order chi connectivity index (χ1) is 9.22. The molecule has 0 aliphatic rings. The Kier molecular flexibility index (Phi) is 3.81. The lowest BCUT2D eigenvalue weighted by atomic mass is 10.1. The van der Waals surface area contributed by atoms with Crippen molar-refractivity contribution in [1.82, 2.24) is 0 Å². The summed E-state index contributed by atoms with van der Waals surface area (Å²) in [6, 6.07) is 18.5. The molecular weight excluding hydrogens is 236 g/mol. The second-order valence-electron chi connectivity index (χ2n) is 4.13. The van der Waals surface area contributed by atoms with Gasteiger partial charge in [0.15, 0.2) is 0 Å². The van der Waals surface area contributed by atoms with Crippen molar-refractivity contribution in [2.24, 2.45) is 0 Å². The van der Waals surface area contributed by atoms with E-state index in [1.54, 1.807) is 30.3 Å². The first-order valence-corrected chi connectivity index (χ1v) is 5.90. The van der Waals surface area contributed by atoms with Crippen LogP contribution in [0, 0.1) is 22.7 Å². The zero-order chi connectivity index (χ0) is 13.7. The van der Waals surface area contributed by atoms with Crippen LogP contribution >= 0.6 is 0 Å². The van der Waals surface area contributed by atoms with Gasteiger partial charge in [-0.2, -0.15) is 10.5 Å². The number of benzene rings is 2. The number of nitriles is 2. The van der Waals surface area contributed by atoms with Gasteiger partial charge in [-0.1, -0.05) is 18.2 Å². The number of rotatable bonds is 3. The molecule has 0 bridgehead atoms. The molecule has 3 nitrogen and oxygen atoms in total. The Bertz CT molecular complexity index is 648. The van der Waals surface area contributed by atoms with E-state index in [0.29, 0.717) is 16.9 Å². The molecule has 0 radical (unpaired) electrons. The summed E-state index contributed by atoms with van der Waals surface area (Å²) in [5, 5.41) is 17.6. The van der Waals surface area contributed by atoms with Gasteiger partial charge in [0.05, 0.1) is 23.3 Å². The minimum atomic E-state index is -0.137. The first kappa shape index (κ1) is 12.7. The summed E-state index contributed by atoms with van der Waals surface area (Å²) in [5.74, 6) is 0.663. The van der Waals surface area contributed by atoms with Crippen molar-refractivity contribution in [3.8, 4) is 17.9 Å². The van der Waals surface area contributed by atoms with Gasteiger partial charge in [0.25, 0.3) is 0 Å². The van der Waals surface area contributed by atoms with E-state index in [9.17, 15) is 0 Å². The van der Waals surface area contributed by atoms with Gasteiger partial charge in [-0.15, -0.1) is 0 Å². The molecule has 0 aromatic heterocycles. The standard InChI is InChI=1S/C16H12N2O/c1-12(15-7-5-13(10-17)6-8-15)19-16-4-2-3-14(9-16)11-18/h2-9,12H,1H3. The average molecular weight is 248 g/mol. The van der Waals surface area contributed by atoms with Crippen LogP contribution in [-0.4, -0.2) is 0 Å². The highest BCUT2D eigenvalue weighted by atomic mass is 16.5. The second-order valence-corrected chi connectivity index (χ2v) is 4.13. The molecule has 0 aliphatic heterocycles. The van der Waals surface area contributed by atoms with E-state index < -0.39 is 0 Å². The molecule has 0 aliphatic carbocycles. The van der Waals surface area contributed by atoms with E-state index in [-0.39, 0.29) is 6.10 Å². The molecule has 92 valence electrons. The Balaban J connectivity index is 2.14. The predicted octanol–water partition coefficient (Wildman–Crippen LogP) is 3.57. The Morgan fingerprint density at radius 1 is 0.947 bits per heavy atom. The van der Waals surface area contributed by atoms with Gasteiger partial charge in [0.1, 0.15) is 11.9 Å². The monoisotopic (exact) mass is 248 g/mol. The van der Waals surface area contributed by atoms with Crippen LogP contribution in [0.2, 0.25) is 0 Å². The van der Waals surface area contributed by atoms with Crippen LogP contribution in [0.25, 0.3) is 0 Å². The molecule has 0 N–H and O–H groups in total. The molecule has 2 aromatic rings. The lowest BCUT2D eigenvalue weighted by molar-refractivity contribution is 0.227. The quantitative estimate of drug-likeness (QED) is 0.834. The van der Waals surface area contributed by atoms with Crippen molar-refractivity contribution in [1.29, 1.82) is 10.5 Å². The third-order valence-corrected chi connectivity index (χ3v) is 2.79. The highest BCUT2D eigenvalue weighted by molar-refractivity contribution is 5.37. The molecule has 0 heterocycles. The third kappa shape index (κ3) is 3.12. The Morgan fingerprint density at radius 2 is 1.63 bits per heavy atom. The van der Waals surface area contributed by atoms with Crippen LogP contribution in [-0.2, 0) is 0 Å². The Hall–Kier alpha value is -2.78. The van der Waals surface area contributed by atoms with Crippen molar-refractivity contribution in [3.05, 3.63) is 65.2 Å². The number of hydrogen-bond acceptors (Lipinski definition) is 3. The average Bonchev–Trinajstić information content (AvgIpc) is 2.47. The van der Waals surface area contributed by atoms with Gasteiger partial charge in [-0.05, 0) is 42.8 Å². The third-order valence-electron chi connectivity index (χ3n) is 2.79. The van der Waals surface area contributed by atoms with Crippen LogP contribution in [0.4, 0.5) is 0 Å². The second kappa shape index (κ2) is 5.71. The molecule has 2 aromatic carbocycles. The van der Waals surface area contributed by atoms with E-state index in [0.717, 1.165) is 5.56 Å². The molecule has 0 fully saturated rings. The van der Waals surface area contributed by atoms with E-state index >= 15 is 0 Å². The molecule has 1 atom stereocenters. The summed E-state index contributed by atoms with van der Waals surface area (Å²) in [5.41, 5.74) is 2.19. The van der Waals surface area contributed by atoms with Gasteiger partial charge in [-0.25, -0.2) is 0 Å². The zero-order valence-corrected chi connectivity index (χ0v) is 10.5.